The maximum absolute atomic E-state index is 11.1. The maximum atomic E-state index is 11.1. The summed E-state index contributed by atoms with van der Waals surface area (Å²) in [6.07, 6.45) is 3.07. The first-order valence-corrected chi connectivity index (χ1v) is 8.65. The summed E-state index contributed by atoms with van der Waals surface area (Å²) in [5, 5.41) is 0. The number of fused-ring (bicyclic) bond motifs is 1. The van der Waals surface area contributed by atoms with E-state index in [1.165, 1.54) is 12.8 Å². The fourth-order valence-electron chi connectivity index (χ4n) is 2.49. The van der Waals surface area contributed by atoms with Crippen LogP contribution < -0.4 is 15.2 Å². The minimum absolute atomic E-state index is 0.231. The van der Waals surface area contributed by atoms with Crippen LogP contribution in [0.25, 0.3) is 0 Å². The fourth-order valence-corrected chi connectivity index (χ4v) is 3.17. The zero-order valence-electron chi connectivity index (χ0n) is 13.4. The van der Waals surface area contributed by atoms with E-state index in [0.29, 0.717) is 29.3 Å². The summed E-state index contributed by atoms with van der Waals surface area (Å²) in [4.78, 5) is 12.9. The Morgan fingerprint density at radius 2 is 2.13 bits per heavy atom. The average Bonchev–Trinajstić information content (AvgIpc) is 3.08. The zero-order valence-corrected chi connectivity index (χ0v) is 14.2. The first kappa shape index (κ1) is 17.3. The Bertz CT molecular complexity index is 627. The number of benzene rings is 1. The molecule has 1 unspecified atom stereocenters. The van der Waals surface area contributed by atoms with E-state index in [1.807, 2.05) is 11.8 Å². The van der Waals surface area contributed by atoms with E-state index < -0.39 is 11.2 Å². The number of carbonyl (C=O) groups excluding carboxylic acids is 1. The van der Waals surface area contributed by atoms with Gasteiger partial charge in [-0.3, -0.25) is 9.52 Å². The standard InChI is InChI=1S/C8H9N3O2S.C7H13NO/c1-13-6-4-2-3-5-7(6)8(9)11-14(12)10-5;1-2-7(9)8-5-3-4-6-8/h2-4,10H,1H3,(H2,9,11);2-6H2,1H3. The first-order chi connectivity index (χ1) is 11.1. The number of rotatable bonds is 2. The van der Waals surface area contributed by atoms with Gasteiger partial charge in [0.05, 0.1) is 18.4 Å². The average molecular weight is 338 g/mol. The molecule has 0 spiro atoms. The number of hydrogen-bond acceptors (Lipinski definition) is 4. The Labute approximate surface area is 138 Å². The van der Waals surface area contributed by atoms with Gasteiger partial charge in [-0.25, -0.2) is 4.21 Å². The van der Waals surface area contributed by atoms with Crippen molar-refractivity contribution in [1.82, 2.24) is 4.90 Å². The van der Waals surface area contributed by atoms with Gasteiger partial charge in [0, 0.05) is 19.5 Å². The molecule has 8 heteroatoms. The highest BCUT2D eigenvalue weighted by Gasteiger charge is 2.19. The molecule has 1 amide bonds. The fraction of sp³-hybridized carbons (Fsp3) is 0.467. The highest BCUT2D eigenvalue weighted by atomic mass is 32.2. The van der Waals surface area contributed by atoms with Crippen molar-refractivity contribution in [2.24, 2.45) is 10.1 Å². The Balaban J connectivity index is 0.000000185. The van der Waals surface area contributed by atoms with Gasteiger partial charge >= 0.3 is 0 Å². The predicted molar refractivity (Wildman–Crippen MR) is 91.6 cm³/mol. The lowest BCUT2D eigenvalue weighted by atomic mass is 10.1. The van der Waals surface area contributed by atoms with E-state index in [-0.39, 0.29) is 5.84 Å². The lowest BCUT2D eigenvalue weighted by molar-refractivity contribution is -0.129. The van der Waals surface area contributed by atoms with Crippen molar-refractivity contribution in [3.05, 3.63) is 23.8 Å². The van der Waals surface area contributed by atoms with Crippen LogP contribution in [-0.2, 0) is 16.0 Å². The van der Waals surface area contributed by atoms with Crippen molar-refractivity contribution in [3.8, 4) is 5.75 Å². The number of ether oxygens (including phenoxy) is 1. The SMILES string of the molecule is CCC(=O)N1CCCC1.COc1cccc2c1C(N)=NS(=O)N2. The summed E-state index contributed by atoms with van der Waals surface area (Å²) >= 11 is -1.48. The highest BCUT2D eigenvalue weighted by Crippen LogP contribution is 2.28. The van der Waals surface area contributed by atoms with E-state index >= 15 is 0 Å². The molecule has 0 bridgehead atoms. The molecular weight excluding hydrogens is 316 g/mol. The van der Waals surface area contributed by atoms with Crippen LogP contribution >= 0.6 is 0 Å². The molecule has 23 heavy (non-hydrogen) atoms. The number of carbonyl (C=O) groups is 1. The van der Waals surface area contributed by atoms with Crippen LogP contribution in [0.1, 0.15) is 31.7 Å². The third-order valence-corrected chi connectivity index (χ3v) is 4.40. The minimum atomic E-state index is -1.48. The van der Waals surface area contributed by atoms with Crippen LogP contribution in [0.2, 0.25) is 0 Å². The number of likely N-dealkylation sites (tertiary alicyclic amines) is 1. The molecule has 1 aromatic rings. The molecule has 0 radical (unpaired) electrons. The van der Waals surface area contributed by atoms with Gasteiger partial charge in [-0.15, -0.1) is 0 Å². The zero-order chi connectivity index (χ0) is 16.8. The van der Waals surface area contributed by atoms with E-state index in [4.69, 9.17) is 10.5 Å². The van der Waals surface area contributed by atoms with Crippen molar-refractivity contribution in [2.75, 3.05) is 24.9 Å². The van der Waals surface area contributed by atoms with E-state index in [9.17, 15) is 9.00 Å². The van der Waals surface area contributed by atoms with Crippen molar-refractivity contribution in [2.45, 2.75) is 26.2 Å². The number of hydrogen-bond donors (Lipinski definition) is 2. The molecule has 1 aromatic carbocycles. The summed E-state index contributed by atoms with van der Waals surface area (Å²) in [6, 6.07) is 5.34. The monoisotopic (exact) mass is 338 g/mol. The summed E-state index contributed by atoms with van der Waals surface area (Å²) in [5.74, 6) is 1.16. The van der Waals surface area contributed by atoms with Crippen LogP contribution in [0.3, 0.4) is 0 Å². The second-order valence-electron chi connectivity index (χ2n) is 5.15. The van der Waals surface area contributed by atoms with Crippen molar-refractivity contribution < 1.29 is 13.7 Å². The molecule has 0 saturated carbocycles. The molecule has 7 nitrogen and oxygen atoms in total. The topological polar surface area (TPSA) is 97.0 Å². The maximum Gasteiger partial charge on any atom is 0.245 e. The van der Waals surface area contributed by atoms with Crippen LogP contribution in [0.4, 0.5) is 5.69 Å². The Hall–Kier alpha value is -2.09. The lowest BCUT2D eigenvalue weighted by Gasteiger charge is -2.16. The molecule has 3 N–H and O–H groups in total. The van der Waals surface area contributed by atoms with Gasteiger partial charge in [-0.05, 0) is 25.0 Å². The number of anilines is 1. The second-order valence-corrected chi connectivity index (χ2v) is 6.04. The number of nitrogens with two attached hydrogens (primary N) is 1. The number of nitrogens with zero attached hydrogens (tertiary/aromatic N) is 2. The summed E-state index contributed by atoms with van der Waals surface area (Å²) in [6.45, 7) is 3.90. The molecule has 2 heterocycles. The van der Waals surface area contributed by atoms with Crippen LogP contribution in [0, 0.1) is 0 Å². The van der Waals surface area contributed by atoms with Crippen LogP contribution in [-0.4, -0.2) is 41.1 Å². The van der Waals surface area contributed by atoms with Crippen molar-refractivity contribution in [1.29, 1.82) is 0 Å². The Kier molecular flexibility index (Phi) is 5.97. The van der Waals surface area contributed by atoms with Crippen molar-refractivity contribution in [3.63, 3.8) is 0 Å². The number of nitrogens with one attached hydrogen (secondary N) is 1. The van der Waals surface area contributed by atoms with E-state index in [2.05, 4.69) is 9.12 Å². The molecule has 2 aliphatic heterocycles. The molecule has 3 rings (SSSR count). The number of methoxy groups -OCH3 is 1. The van der Waals surface area contributed by atoms with E-state index in [0.717, 1.165) is 13.1 Å². The summed E-state index contributed by atoms with van der Waals surface area (Å²) in [7, 11) is 1.55. The highest BCUT2D eigenvalue weighted by molar-refractivity contribution is 7.85. The molecule has 2 aliphatic rings. The van der Waals surface area contributed by atoms with Gasteiger partial charge in [-0.2, -0.15) is 4.40 Å². The Morgan fingerprint density at radius 3 is 2.74 bits per heavy atom. The van der Waals surface area contributed by atoms with Gasteiger partial charge < -0.3 is 15.4 Å². The van der Waals surface area contributed by atoms with Crippen LogP contribution in [0.15, 0.2) is 22.6 Å². The van der Waals surface area contributed by atoms with Gasteiger partial charge in [0.25, 0.3) is 0 Å². The van der Waals surface area contributed by atoms with Gasteiger partial charge in [0.1, 0.15) is 11.6 Å². The summed E-state index contributed by atoms with van der Waals surface area (Å²) in [5.41, 5.74) is 6.99. The molecule has 0 aliphatic carbocycles. The van der Waals surface area contributed by atoms with Gasteiger partial charge in [0.15, 0.2) is 0 Å². The lowest BCUT2D eigenvalue weighted by Crippen LogP contribution is -2.26. The first-order valence-electron chi connectivity index (χ1n) is 7.54. The second kappa shape index (κ2) is 7.96. The molecule has 1 saturated heterocycles. The van der Waals surface area contributed by atoms with Crippen LogP contribution in [0.5, 0.6) is 5.75 Å². The normalized spacial score (nSPS) is 19.0. The molecule has 0 aromatic heterocycles. The minimum Gasteiger partial charge on any atom is -0.496 e. The third kappa shape index (κ3) is 4.22. The van der Waals surface area contributed by atoms with E-state index in [1.54, 1.807) is 25.3 Å². The molecule has 1 atom stereocenters. The third-order valence-electron chi connectivity index (χ3n) is 3.64. The largest absolute Gasteiger partial charge is 0.496 e. The molecular formula is C15H22N4O3S. The predicted octanol–water partition coefficient (Wildman–Crippen LogP) is 1.42. The van der Waals surface area contributed by atoms with Gasteiger partial charge in [-0.1, -0.05) is 13.0 Å². The quantitative estimate of drug-likeness (QED) is 0.852. The summed E-state index contributed by atoms with van der Waals surface area (Å²) < 4.78 is 22.6. The van der Waals surface area contributed by atoms with Gasteiger partial charge in [0.2, 0.25) is 17.1 Å². The molecule has 126 valence electrons. The molecule has 1 fully saturated rings. The van der Waals surface area contributed by atoms with Crippen molar-refractivity contribution >= 4 is 28.6 Å². The number of amides is 1. The Morgan fingerprint density at radius 1 is 1.43 bits per heavy atom. The smallest absolute Gasteiger partial charge is 0.245 e. The number of amidine groups is 1.